The summed E-state index contributed by atoms with van der Waals surface area (Å²) in [5, 5.41) is 3.02. The molecule has 1 aromatic rings. The van der Waals surface area contributed by atoms with Gasteiger partial charge in [0, 0.05) is 6.92 Å². The van der Waals surface area contributed by atoms with Gasteiger partial charge in [0.05, 0.1) is 6.54 Å². The highest BCUT2D eigenvalue weighted by atomic mass is 16.1. The molecule has 0 aliphatic rings. The van der Waals surface area contributed by atoms with Crippen LogP contribution in [0, 0.1) is 6.92 Å². The number of ketones is 1. The summed E-state index contributed by atoms with van der Waals surface area (Å²) >= 11 is 0. The molecule has 1 rings (SSSR count). The molecule has 0 bridgehead atoms. The Hall–Kier alpha value is -1.15. The molecule has 0 aliphatic heterocycles. The number of Topliss-reactive ketones (excluding diaryl/α,β-unsaturated/α-hetero) is 1. The van der Waals surface area contributed by atoms with Crippen LogP contribution in [0.5, 0.6) is 0 Å². The van der Waals surface area contributed by atoms with E-state index in [0.717, 1.165) is 13.0 Å². The second kappa shape index (κ2) is 5.49. The maximum absolute atomic E-state index is 10.5. The molecule has 0 spiro atoms. The van der Waals surface area contributed by atoms with E-state index < -0.39 is 0 Å². The highest BCUT2D eigenvalue weighted by Crippen LogP contribution is 1.97. The number of nitrogens with one attached hydrogen (secondary N) is 1. The van der Waals surface area contributed by atoms with Crippen LogP contribution in [0.2, 0.25) is 0 Å². The predicted molar refractivity (Wildman–Crippen MR) is 53.4 cm³/mol. The average molecular weight is 176 g/mol. The van der Waals surface area contributed by atoms with Gasteiger partial charge in [0.15, 0.2) is 0 Å². The molecule has 0 saturated carbocycles. The fourth-order valence-corrected chi connectivity index (χ4v) is 1.11. The van der Waals surface area contributed by atoms with Gasteiger partial charge in [0.1, 0.15) is 5.78 Å². The SMILES string of the molecule is [CH2]C(=O)CNCCc1ccccc1. The van der Waals surface area contributed by atoms with E-state index in [1.165, 1.54) is 5.56 Å². The molecule has 0 heterocycles. The first-order chi connectivity index (χ1) is 6.29. The number of rotatable bonds is 5. The van der Waals surface area contributed by atoms with Gasteiger partial charge in [-0.3, -0.25) is 4.79 Å². The van der Waals surface area contributed by atoms with Crippen LogP contribution in [0.1, 0.15) is 5.56 Å². The van der Waals surface area contributed by atoms with Crippen LogP contribution >= 0.6 is 0 Å². The lowest BCUT2D eigenvalue weighted by atomic mass is 10.1. The van der Waals surface area contributed by atoms with Gasteiger partial charge in [-0.25, -0.2) is 0 Å². The van der Waals surface area contributed by atoms with E-state index in [4.69, 9.17) is 0 Å². The Morgan fingerprint density at radius 3 is 2.62 bits per heavy atom. The van der Waals surface area contributed by atoms with E-state index >= 15 is 0 Å². The van der Waals surface area contributed by atoms with E-state index in [9.17, 15) is 4.79 Å². The molecule has 1 aromatic carbocycles. The summed E-state index contributed by atoms with van der Waals surface area (Å²) in [6.45, 7) is 4.47. The predicted octanol–water partition coefficient (Wildman–Crippen LogP) is 1.22. The van der Waals surface area contributed by atoms with Gasteiger partial charge in [0.2, 0.25) is 0 Å². The Kier molecular flexibility index (Phi) is 4.19. The van der Waals surface area contributed by atoms with Gasteiger partial charge in [-0.15, -0.1) is 0 Å². The van der Waals surface area contributed by atoms with E-state index in [0.29, 0.717) is 6.54 Å². The maximum Gasteiger partial charge on any atom is 0.147 e. The molecular weight excluding hydrogens is 162 g/mol. The van der Waals surface area contributed by atoms with E-state index in [1.807, 2.05) is 18.2 Å². The number of carbonyl (C=O) groups is 1. The zero-order chi connectivity index (χ0) is 9.52. The molecule has 0 amide bonds. The average Bonchev–Trinajstić information content (AvgIpc) is 2.14. The van der Waals surface area contributed by atoms with Crippen LogP contribution < -0.4 is 5.32 Å². The van der Waals surface area contributed by atoms with Crippen LogP contribution in [-0.4, -0.2) is 18.9 Å². The van der Waals surface area contributed by atoms with Gasteiger partial charge in [-0.1, -0.05) is 30.3 Å². The minimum absolute atomic E-state index is 0.0620. The molecule has 1 radical (unpaired) electrons. The van der Waals surface area contributed by atoms with Crippen LogP contribution in [0.25, 0.3) is 0 Å². The lowest BCUT2D eigenvalue weighted by molar-refractivity contribution is -0.114. The lowest BCUT2D eigenvalue weighted by Crippen LogP contribution is -2.23. The second-order valence-electron chi connectivity index (χ2n) is 2.95. The molecule has 2 heteroatoms. The zero-order valence-electron chi connectivity index (χ0n) is 7.62. The Balaban J connectivity index is 2.17. The molecule has 0 unspecified atom stereocenters. The topological polar surface area (TPSA) is 29.1 Å². The molecule has 69 valence electrons. The van der Waals surface area contributed by atoms with Gasteiger partial charge in [-0.2, -0.15) is 0 Å². The van der Waals surface area contributed by atoms with Crippen molar-refractivity contribution in [1.82, 2.24) is 5.32 Å². The summed E-state index contributed by atoms with van der Waals surface area (Å²) in [6, 6.07) is 10.2. The third-order valence-electron chi connectivity index (χ3n) is 1.76. The van der Waals surface area contributed by atoms with E-state index in [2.05, 4.69) is 24.4 Å². The number of hydrogen-bond acceptors (Lipinski definition) is 2. The monoisotopic (exact) mass is 176 g/mol. The highest BCUT2D eigenvalue weighted by molar-refractivity contribution is 5.84. The van der Waals surface area contributed by atoms with Crippen molar-refractivity contribution in [3.05, 3.63) is 42.8 Å². The molecule has 1 N–H and O–H groups in total. The smallest absolute Gasteiger partial charge is 0.147 e. The first kappa shape index (κ1) is 9.93. The third-order valence-corrected chi connectivity index (χ3v) is 1.76. The van der Waals surface area contributed by atoms with Crippen molar-refractivity contribution in [2.75, 3.05) is 13.1 Å². The maximum atomic E-state index is 10.5. The van der Waals surface area contributed by atoms with Crippen molar-refractivity contribution in [3.63, 3.8) is 0 Å². The second-order valence-corrected chi connectivity index (χ2v) is 2.95. The number of carbonyl (C=O) groups excluding carboxylic acids is 1. The van der Waals surface area contributed by atoms with Gasteiger partial charge in [0.25, 0.3) is 0 Å². The normalized spacial score (nSPS) is 9.92. The Bertz CT molecular complexity index is 256. The van der Waals surface area contributed by atoms with Gasteiger partial charge < -0.3 is 5.32 Å². The van der Waals surface area contributed by atoms with E-state index in [-0.39, 0.29) is 5.78 Å². The molecule has 13 heavy (non-hydrogen) atoms. The summed E-state index contributed by atoms with van der Waals surface area (Å²) < 4.78 is 0. The van der Waals surface area contributed by atoms with Crippen molar-refractivity contribution in [2.24, 2.45) is 0 Å². The van der Waals surface area contributed by atoms with Crippen LogP contribution in [0.3, 0.4) is 0 Å². The number of hydrogen-bond donors (Lipinski definition) is 1. The molecule has 0 fully saturated rings. The minimum Gasteiger partial charge on any atom is -0.310 e. The van der Waals surface area contributed by atoms with Crippen LogP contribution in [0.4, 0.5) is 0 Å². The van der Waals surface area contributed by atoms with Crippen molar-refractivity contribution in [1.29, 1.82) is 0 Å². The molecule has 0 aromatic heterocycles. The fourth-order valence-electron chi connectivity index (χ4n) is 1.11. The largest absolute Gasteiger partial charge is 0.310 e. The van der Waals surface area contributed by atoms with Gasteiger partial charge >= 0.3 is 0 Å². The molecule has 0 aliphatic carbocycles. The quantitative estimate of drug-likeness (QED) is 0.683. The Labute approximate surface area is 79.0 Å². The van der Waals surface area contributed by atoms with Crippen LogP contribution in [0.15, 0.2) is 30.3 Å². The summed E-state index contributed by atoms with van der Waals surface area (Å²) in [4.78, 5) is 10.5. The zero-order valence-corrected chi connectivity index (χ0v) is 7.62. The van der Waals surface area contributed by atoms with Crippen molar-refractivity contribution in [2.45, 2.75) is 6.42 Å². The highest BCUT2D eigenvalue weighted by Gasteiger charge is 1.93. The van der Waals surface area contributed by atoms with Gasteiger partial charge in [-0.05, 0) is 18.5 Å². The molecule has 0 atom stereocenters. The molecule has 0 saturated heterocycles. The van der Waals surface area contributed by atoms with Crippen molar-refractivity contribution < 1.29 is 4.79 Å². The van der Waals surface area contributed by atoms with Crippen molar-refractivity contribution >= 4 is 5.78 Å². The van der Waals surface area contributed by atoms with E-state index in [1.54, 1.807) is 0 Å². The summed E-state index contributed by atoms with van der Waals surface area (Å²) in [7, 11) is 0. The first-order valence-electron chi connectivity index (χ1n) is 4.38. The Morgan fingerprint density at radius 2 is 2.00 bits per heavy atom. The minimum atomic E-state index is -0.0620. The fraction of sp³-hybridized carbons (Fsp3) is 0.273. The standard InChI is InChI=1S/C11H14NO/c1-10(13)9-12-8-7-11-5-3-2-4-6-11/h2-6,12H,1,7-9H2. The lowest BCUT2D eigenvalue weighted by Gasteiger charge is -2.01. The summed E-state index contributed by atoms with van der Waals surface area (Å²) in [5.74, 6) is -0.0620. The molecular formula is C11H14NO. The third kappa shape index (κ3) is 4.43. The van der Waals surface area contributed by atoms with Crippen LogP contribution in [-0.2, 0) is 11.2 Å². The molecule has 2 nitrogen and oxygen atoms in total. The Morgan fingerprint density at radius 1 is 1.31 bits per heavy atom. The number of benzene rings is 1. The summed E-state index contributed by atoms with van der Waals surface area (Å²) in [6.07, 6.45) is 0.952. The summed E-state index contributed by atoms with van der Waals surface area (Å²) in [5.41, 5.74) is 1.28. The first-order valence-corrected chi connectivity index (χ1v) is 4.38. The van der Waals surface area contributed by atoms with Crippen molar-refractivity contribution in [3.8, 4) is 0 Å².